The van der Waals surface area contributed by atoms with Crippen molar-refractivity contribution in [3.8, 4) is 17.2 Å². The van der Waals surface area contributed by atoms with Gasteiger partial charge in [-0.15, -0.1) is 11.3 Å². The Kier molecular flexibility index (Phi) is 4.67. The third kappa shape index (κ3) is 3.26. The van der Waals surface area contributed by atoms with Crippen LogP contribution in [-0.2, 0) is 16.2 Å². The first-order chi connectivity index (χ1) is 14.1. The number of aryl methyl sites for hydroxylation is 1. The van der Waals surface area contributed by atoms with E-state index in [1.165, 1.54) is 35.8 Å². The molecule has 0 bridgehead atoms. The number of alkyl halides is 3. The number of benzene rings is 1. The maximum absolute atomic E-state index is 13.5. The van der Waals surface area contributed by atoms with Crippen LogP contribution in [0.4, 0.5) is 13.2 Å². The van der Waals surface area contributed by atoms with Crippen molar-refractivity contribution in [1.82, 2.24) is 8.96 Å². The standard InChI is InChI=1S/C20H12F3N3O2S2/c1-12-2-4-14(5-3-12)30(27,28)26-11-17(15-6-7-29-18(15)20(21,22)23)16-8-13(9-24)10-25-19(16)26/h2-8,10-11H,1H3. The Labute approximate surface area is 173 Å². The van der Waals surface area contributed by atoms with Crippen molar-refractivity contribution in [2.45, 2.75) is 18.0 Å². The first-order valence-corrected chi connectivity index (χ1v) is 10.8. The molecule has 0 aliphatic heterocycles. The van der Waals surface area contributed by atoms with E-state index >= 15 is 0 Å². The summed E-state index contributed by atoms with van der Waals surface area (Å²) in [6, 6.07) is 10.6. The van der Waals surface area contributed by atoms with E-state index in [1.807, 2.05) is 6.07 Å². The number of nitrogens with zero attached hydrogens (tertiary/aromatic N) is 3. The van der Waals surface area contributed by atoms with Gasteiger partial charge in [0.05, 0.1) is 10.5 Å². The highest BCUT2D eigenvalue weighted by Gasteiger charge is 2.36. The van der Waals surface area contributed by atoms with Crippen LogP contribution in [0.25, 0.3) is 22.2 Å². The molecule has 30 heavy (non-hydrogen) atoms. The minimum Gasteiger partial charge on any atom is -0.236 e. The van der Waals surface area contributed by atoms with E-state index in [2.05, 4.69) is 4.98 Å². The van der Waals surface area contributed by atoms with E-state index < -0.39 is 21.1 Å². The van der Waals surface area contributed by atoms with Gasteiger partial charge in [-0.25, -0.2) is 17.4 Å². The number of fused-ring (bicyclic) bond motifs is 1. The van der Waals surface area contributed by atoms with E-state index in [9.17, 15) is 26.9 Å². The molecular formula is C20H12F3N3O2S2. The summed E-state index contributed by atoms with van der Waals surface area (Å²) in [5.41, 5.74) is 0.796. The third-order valence-electron chi connectivity index (χ3n) is 4.53. The zero-order valence-corrected chi connectivity index (χ0v) is 16.9. The lowest BCUT2D eigenvalue weighted by molar-refractivity contribution is -0.133. The first kappa shape index (κ1) is 20.1. The zero-order chi connectivity index (χ0) is 21.7. The molecule has 0 saturated heterocycles. The summed E-state index contributed by atoms with van der Waals surface area (Å²) < 4.78 is 67.7. The van der Waals surface area contributed by atoms with Crippen LogP contribution in [0.15, 0.2) is 59.1 Å². The van der Waals surface area contributed by atoms with E-state index in [-0.39, 0.29) is 32.6 Å². The van der Waals surface area contributed by atoms with E-state index in [0.29, 0.717) is 11.3 Å². The lowest BCUT2D eigenvalue weighted by atomic mass is 10.1. The summed E-state index contributed by atoms with van der Waals surface area (Å²) >= 11 is 0.515. The predicted octanol–water partition coefficient (Wildman–Crippen LogP) is 5.20. The minimum absolute atomic E-state index is 0.0240. The van der Waals surface area contributed by atoms with Gasteiger partial charge in [-0.3, -0.25) is 0 Å². The molecule has 0 radical (unpaired) electrons. The summed E-state index contributed by atoms with van der Waals surface area (Å²) in [7, 11) is -4.13. The Morgan fingerprint density at radius 1 is 1.13 bits per heavy atom. The molecule has 0 amide bonds. The highest BCUT2D eigenvalue weighted by atomic mass is 32.2. The first-order valence-electron chi connectivity index (χ1n) is 8.51. The number of hydrogen-bond acceptors (Lipinski definition) is 5. The number of rotatable bonds is 3. The Balaban J connectivity index is 2.04. The fourth-order valence-electron chi connectivity index (χ4n) is 3.10. The number of aromatic nitrogens is 2. The maximum atomic E-state index is 13.5. The van der Waals surface area contributed by atoms with Crippen molar-refractivity contribution >= 4 is 32.4 Å². The van der Waals surface area contributed by atoms with E-state index in [4.69, 9.17) is 0 Å². The van der Waals surface area contributed by atoms with Crippen molar-refractivity contribution in [3.63, 3.8) is 0 Å². The monoisotopic (exact) mass is 447 g/mol. The van der Waals surface area contributed by atoms with Crippen LogP contribution >= 0.6 is 11.3 Å². The number of hydrogen-bond donors (Lipinski definition) is 0. The molecule has 152 valence electrons. The normalized spacial score (nSPS) is 12.2. The average Bonchev–Trinajstić information content (AvgIpc) is 3.32. The lowest BCUT2D eigenvalue weighted by Crippen LogP contribution is -2.12. The molecule has 3 heterocycles. The average molecular weight is 447 g/mol. The Hall–Kier alpha value is -3.16. The Bertz CT molecular complexity index is 1410. The van der Waals surface area contributed by atoms with Gasteiger partial charge in [0.2, 0.25) is 0 Å². The van der Waals surface area contributed by atoms with Gasteiger partial charge in [0.15, 0.2) is 5.65 Å². The molecule has 0 spiro atoms. The summed E-state index contributed by atoms with van der Waals surface area (Å²) in [4.78, 5) is 3.19. The second-order valence-electron chi connectivity index (χ2n) is 6.52. The minimum atomic E-state index is -4.60. The van der Waals surface area contributed by atoms with Crippen LogP contribution < -0.4 is 0 Å². The van der Waals surface area contributed by atoms with Crippen LogP contribution in [0.3, 0.4) is 0 Å². The van der Waals surface area contributed by atoms with Gasteiger partial charge < -0.3 is 0 Å². The molecule has 10 heteroatoms. The largest absolute Gasteiger partial charge is 0.426 e. The van der Waals surface area contributed by atoms with Crippen LogP contribution in [-0.4, -0.2) is 17.4 Å². The van der Waals surface area contributed by atoms with Crippen LogP contribution in [0, 0.1) is 18.3 Å². The van der Waals surface area contributed by atoms with Crippen LogP contribution in [0.5, 0.6) is 0 Å². The number of halogens is 3. The van der Waals surface area contributed by atoms with Crippen molar-refractivity contribution in [3.05, 3.63) is 70.2 Å². The highest BCUT2D eigenvalue weighted by Crippen LogP contribution is 2.43. The molecule has 4 aromatic rings. The van der Waals surface area contributed by atoms with Crippen molar-refractivity contribution in [1.29, 1.82) is 5.26 Å². The number of nitriles is 1. The molecule has 0 aliphatic carbocycles. The van der Waals surface area contributed by atoms with Gasteiger partial charge in [0.1, 0.15) is 10.9 Å². The molecule has 4 rings (SSSR count). The molecule has 0 aliphatic rings. The van der Waals surface area contributed by atoms with Gasteiger partial charge >= 0.3 is 6.18 Å². The zero-order valence-electron chi connectivity index (χ0n) is 15.3. The second-order valence-corrected chi connectivity index (χ2v) is 9.26. The Morgan fingerprint density at radius 3 is 2.47 bits per heavy atom. The van der Waals surface area contributed by atoms with E-state index in [1.54, 1.807) is 19.1 Å². The topological polar surface area (TPSA) is 75.8 Å². The van der Waals surface area contributed by atoms with Crippen LogP contribution in [0.2, 0.25) is 0 Å². The van der Waals surface area contributed by atoms with Crippen molar-refractivity contribution in [2.75, 3.05) is 0 Å². The summed E-state index contributed by atoms with van der Waals surface area (Å²) in [5.74, 6) is 0. The van der Waals surface area contributed by atoms with Gasteiger partial charge in [-0.2, -0.15) is 18.4 Å². The summed E-state index contributed by atoms with van der Waals surface area (Å²) in [5, 5.41) is 10.6. The predicted molar refractivity (Wildman–Crippen MR) is 107 cm³/mol. The molecule has 0 N–H and O–H groups in total. The molecular weight excluding hydrogens is 435 g/mol. The SMILES string of the molecule is Cc1ccc(S(=O)(=O)n2cc(-c3ccsc3C(F)(F)F)c3cc(C#N)cnc32)cc1. The van der Waals surface area contributed by atoms with Gasteiger partial charge in [0.25, 0.3) is 10.0 Å². The third-order valence-corrected chi connectivity index (χ3v) is 7.16. The summed E-state index contributed by atoms with van der Waals surface area (Å²) in [6.07, 6.45) is -2.29. The van der Waals surface area contributed by atoms with Crippen molar-refractivity contribution < 1.29 is 21.6 Å². The number of pyridine rings is 1. The van der Waals surface area contributed by atoms with Crippen molar-refractivity contribution in [2.24, 2.45) is 0 Å². The molecule has 0 fully saturated rings. The fourth-order valence-corrected chi connectivity index (χ4v) is 5.21. The molecule has 5 nitrogen and oxygen atoms in total. The van der Waals surface area contributed by atoms with Gasteiger partial charge in [-0.1, -0.05) is 17.7 Å². The summed E-state index contributed by atoms with van der Waals surface area (Å²) in [6.45, 7) is 1.81. The molecule has 3 aromatic heterocycles. The number of thiophene rings is 1. The van der Waals surface area contributed by atoms with E-state index in [0.717, 1.165) is 15.7 Å². The second kappa shape index (κ2) is 6.97. The quantitative estimate of drug-likeness (QED) is 0.433. The molecule has 0 saturated carbocycles. The lowest BCUT2D eigenvalue weighted by Gasteiger charge is -2.07. The van der Waals surface area contributed by atoms with Gasteiger partial charge in [0, 0.05) is 28.9 Å². The molecule has 0 atom stereocenters. The smallest absolute Gasteiger partial charge is 0.236 e. The molecule has 1 aromatic carbocycles. The maximum Gasteiger partial charge on any atom is 0.426 e. The molecule has 0 unspecified atom stereocenters. The van der Waals surface area contributed by atoms with Crippen LogP contribution in [0.1, 0.15) is 16.0 Å². The fraction of sp³-hybridized carbons (Fsp3) is 0.100. The van der Waals surface area contributed by atoms with Gasteiger partial charge in [-0.05, 0) is 36.6 Å². The Morgan fingerprint density at radius 2 is 1.83 bits per heavy atom. The highest BCUT2D eigenvalue weighted by molar-refractivity contribution is 7.90.